The van der Waals surface area contributed by atoms with Gasteiger partial charge in [-0.2, -0.15) is 10.2 Å². The number of hydrogen-bond donors (Lipinski definition) is 0. The van der Waals surface area contributed by atoms with Crippen LogP contribution in [0.1, 0.15) is 63.8 Å². The van der Waals surface area contributed by atoms with E-state index in [9.17, 15) is 10.1 Å². The zero-order valence-corrected chi connectivity index (χ0v) is 22.8. The van der Waals surface area contributed by atoms with Crippen LogP contribution in [0.25, 0.3) is 11.0 Å². The maximum Gasteiger partial charge on any atom is 0.349 e. The van der Waals surface area contributed by atoms with Crippen LogP contribution >= 0.6 is 0 Å². The highest BCUT2D eigenvalue weighted by molar-refractivity contribution is 5.86. The second-order valence-corrected chi connectivity index (χ2v) is 10.7. The summed E-state index contributed by atoms with van der Waals surface area (Å²) < 4.78 is 37.9. The third-order valence-electron chi connectivity index (χ3n) is 8.03. The number of benzene rings is 1. The first-order valence-electron chi connectivity index (χ1n) is 13.7. The Kier molecular flexibility index (Phi) is 7.54. The fourth-order valence-corrected chi connectivity index (χ4v) is 5.64. The zero-order valence-electron chi connectivity index (χ0n) is 22.8. The molecule has 3 atom stereocenters. The normalized spacial score (nSPS) is 20.7. The van der Waals surface area contributed by atoms with Gasteiger partial charge in [0, 0.05) is 56.0 Å². The van der Waals surface area contributed by atoms with Crippen LogP contribution in [0.15, 0.2) is 29.1 Å². The summed E-state index contributed by atoms with van der Waals surface area (Å²) in [6, 6.07) is 7.30. The molecule has 3 heterocycles. The number of aromatic nitrogens is 3. The number of hydrogen-bond acceptors (Lipinski definition) is 7. The van der Waals surface area contributed by atoms with Crippen molar-refractivity contribution in [1.82, 2.24) is 19.4 Å². The highest BCUT2D eigenvalue weighted by atomic mass is 19.1. The molecule has 1 aliphatic carbocycles. The van der Waals surface area contributed by atoms with E-state index in [4.69, 9.17) is 4.74 Å². The number of piperazine rings is 1. The highest BCUT2D eigenvalue weighted by Gasteiger charge is 2.38. The largest absolute Gasteiger partial charge is 0.493 e. The van der Waals surface area contributed by atoms with Gasteiger partial charge in [0.05, 0.1) is 12.1 Å². The molecule has 1 aliphatic heterocycles. The molecule has 3 aromatic rings. The molecule has 10 heteroatoms. The number of nitriles is 1. The number of fused-ring (bicyclic) bond motifs is 1. The number of aryl methyl sites for hydroxylation is 1. The molecular formula is C29H34F2N6O2. The summed E-state index contributed by atoms with van der Waals surface area (Å²) in [6.07, 6.45) is 3.45. The molecule has 0 radical (unpaired) electrons. The van der Waals surface area contributed by atoms with Crippen LogP contribution in [0.4, 0.5) is 14.6 Å². The maximum atomic E-state index is 15.4. The lowest BCUT2D eigenvalue weighted by Gasteiger charge is -2.49. The van der Waals surface area contributed by atoms with Crippen molar-refractivity contribution in [3.05, 3.63) is 57.6 Å². The maximum absolute atomic E-state index is 15.4. The third-order valence-corrected chi connectivity index (χ3v) is 8.03. The van der Waals surface area contributed by atoms with E-state index in [1.807, 2.05) is 25.7 Å². The van der Waals surface area contributed by atoms with Crippen LogP contribution < -0.4 is 15.3 Å². The first-order chi connectivity index (χ1) is 18.7. The SMILES string of the molecule is CCC(c1c(F)cc(OCC2CC2)cc1F)N1C[C@H](C)N(c2nc(=O)n(C)c3ccc(C#N)nc23)C[C@H]1CC. The van der Waals surface area contributed by atoms with E-state index >= 15 is 8.78 Å². The molecule has 0 N–H and O–H groups in total. The number of pyridine rings is 1. The monoisotopic (exact) mass is 536 g/mol. The molecule has 8 nitrogen and oxygen atoms in total. The van der Waals surface area contributed by atoms with Crippen LogP contribution in [0.2, 0.25) is 0 Å². The Morgan fingerprint density at radius 2 is 1.87 bits per heavy atom. The quantitative estimate of drug-likeness (QED) is 0.412. The molecule has 0 spiro atoms. The van der Waals surface area contributed by atoms with E-state index < -0.39 is 23.4 Å². The molecule has 1 saturated carbocycles. The van der Waals surface area contributed by atoms with Crippen molar-refractivity contribution in [2.45, 2.75) is 64.6 Å². The van der Waals surface area contributed by atoms with Gasteiger partial charge in [0.1, 0.15) is 34.7 Å². The minimum Gasteiger partial charge on any atom is -0.493 e. The van der Waals surface area contributed by atoms with Crippen molar-refractivity contribution in [1.29, 1.82) is 5.26 Å². The van der Waals surface area contributed by atoms with Crippen molar-refractivity contribution >= 4 is 16.9 Å². The Labute approximate surface area is 226 Å². The average Bonchev–Trinajstić information content (AvgIpc) is 3.76. The van der Waals surface area contributed by atoms with E-state index in [2.05, 4.69) is 20.9 Å². The molecule has 0 bridgehead atoms. The molecule has 2 aromatic heterocycles. The molecule has 1 saturated heterocycles. The van der Waals surface area contributed by atoms with E-state index in [-0.39, 0.29) is 29.1 Å². The molecule has 1 unspecified atom stereocenters. The first kappa shape index (κ1) is 27.0. The van der Waals surface area contributed by atoms with Gasteiger partial charge in [-0.05, 0) is 50.7 Å². The number of halogens is 2. The second kappa shape index (κ2) is 10.9. The van der Waals surface area contributed by atoms with Gasteiger partial charge >= 0.3 is 5.69 Å². The van der Waals surface area contributed by atoms with Crippen LogP contribution in [0, 0.1) is 28.9 Å². The van der Waals surface area contributed by atoms with E-state index in [1.165, 1.54) is 16.7 Å². The Morgan fingerprint density at radius 3 is 2.49 bits per heavy atom. The molecule has 2 fully saturated rings. The minimum absolute atomic E-state index is 0.0594. The summed E-state index contributed by atoms with van der Waals surface area (Å²) >= 11 is 0. The molecule has 206 valence electrons. The van der Waals surface area contributed by atoms with Crippen LogP contribution in [0.5, 0.6) is 5.75 Å². The lowest BCUT2D eigenvalue weighted by Crippen LogP contribution is -2.58. The summed E-state index contributed by atoms with van der Waals surface area (Å²) in [5, 5.41) is 9.41. The highest BCUT2D eigenvalue weighted by Crippen LogP contribution is 2.37. The standard InChI is InChI=1S/C29H34F2N6O2/c1-5-20-15-36(28-27-25(35(4)29(38)34-28)10-9-19(13-32)33-27)17(3)14-37(20)24(6-2)26-22(30)11-21(12-23(26)31)39-16-18-7-8-18/h9-12,17-18,20,24H,5-8,14-16H2,1-4H3/t17-,20+,24?/m0/s1. The average molecular weight is 537 g/mol. The molecule has 2 aliphatic rings. The lowest BCUT2D eigenvalue weighted by molar-refractivity contribution is 0.0897. The minimum atomic E-state index is -0.593. The van der Waals surface area contributed by atoms with Crippen molar-refractivity contribution in [3.8, 4) is 11.8 Å². The molecule has 39 heavy (non-hydrogen) atoms. The van der Waals surface area contributed by atoms with E-state index in [1.54, 1.807) is 19.2 Å². The van der Waals surface area contributed by atoms with Crippen molar-refractivity contribution in [3.63, 3.8) is 0 Å². The summed E-state index contributed by atoms with van der Waals surface area (Å²) in [6.45, 7) is 7.48. The summed E-state index contributed by atoms with van der Waals surface area (Å²) in [4.78, 5) is 25.8. The zero-order chi connectivity index (χ0) is 27.8. The lowest BCUT2D eigenvalue weighted by atomic mass is 9.95. The van der Waals surface area contributed by atoms with E-state index in [0.717, 1.165) is 19.3 Å². The first-order valence-corrected chi connectivity index (χ1v) is 13.7. The van der Waals surface area contributed by atoms with Gasteiger partial charge in [0.25, 0.3) is 0 Å². The van der Waals surface area contributed by atoms with Gasteiger partial charge in [-0.15, -0.1) is 0 Å². The Hall–Kier alpha value is -3.58. The number of ether oxygens (including phenoxy) is 1. The van der Waals surface area contributed by atoms with Crippen molar-refractivity contribution in [2.75, 3.05) is 24.6 Å². The van der Waals surface area contributed by atoms with Gasteiger partial charge in [-0.3, -0.25) is 9.47 Å². The summed E-state index contributed by atoms with van der Waals surface area (Å²) in [5.74, 6) is -0.0394. The summed E-state index contributed by atoms with van der Waals surface area (Å²) in [7, 11) is 1.63. The van der Waals surface area contributed by atoms with Gasteiger partial charge in [-0.1, -0.05) is 13.8 Å². The predicted octanol–water partition coefficient (Wildman–Crippen LogP) is 4.71. The van der Waals surface area contributed by atoms with Gasteiger partial charge in [0.15, 0.2) is 5.82 Å². The third kappa shape index (κ3) is 5.20. The van der Waals surface area contributed by atoms with Crippen LogP contribution in [0.3, 0.4) is 0 Å². The summed E-state index contributed by atoms with van der Waals surface area (Å²) in [5.41, 5.74) is 0.965. The van der Waals surface area contributed by atoms with Gasteiger partial charge in [-0.25, -0.2) is 18.6 Å². The fraction of sp³-hybridized carbons (Fsp3) is 0.517. The van der Waals surface area contributed by atoms with Gasteiger partial charge in [0.2, 0.25) is 0 Å². The predicted molar refractivity (Wildman–Crippen MR) is 145 cm³/mol. The Balaban J connectivity index is 1.47. The van der Waals surface area contributed by atoms with Crippen molar-refractivity contribution in [2.24, 2.45) is 13.0 Å². The smallest absolute Gasteiger partial charge is 0.349 e. The molecule has 0 amide bonds. The van der Waals surface area contributed by atoms with Crippen LogP contribution in [-0.4, -0.2) is 51.2 Å². The molecular weight excluding hydrogens is 502 g/mol. The Morgan fingerprint density at radius 1 is 1.15 bits per heavy atom. The number of nitrogens with zero attached hydrogens (tertiary/aromatic N) is 6. The van der Waals surface area contributed by atoms with E-state index in [0.29, 0.717) is 48.9 Å². The molecule has 1 aromatic carbocycles. The molecule has 5 rings (SSSR count). The number of anilines is 1. The van der Waals surface area contributed by atoms with Gasteiger partial charge < -0.3 is 9.64 Å². The fourth-order valence-electron chi connectivity index (χ4n) is 5.64. The topological polar surface area (TPSA) is 87.3 Å². The van der Waals surface area contributed by atoms with Crippen LogP contribution in [-0.2, 0) is 7.05 Å². The Bertz CT molecular complexity index is 1460. The van der Waals surface area contributed by atoms with Crippen molar-refractivity contribution < 1.29 is 13.5 Å². The number of rotatable bonds is 8. The second-order valence-electron chi connectivity index (χ2n) is 10.7.